The van der Waals surface area contributed by atoms with Gasteiger partial charge in [0.15, 0.2) is 0 Å². The second-order valence-electron chi connectivity index (χ2n) is 6.38. The summed E-state index contributed by atoms with van der Waals surface area (Å²) < 4.78 is 0. The average molecular weight is 303 g/mol. The molecule has 1 aliphatic heterocycles. The van der Waals surface area contributed by atoms with Crippen LogP contribution in [0.5, 0.6) is 0 Å². The van der Waals surface area contributed by atoms with E-state index >= 15 is 0 Å². The lowest BCUT2D eigenvalue weighted by atomic mass is 9.99. The fourth-order valence-corrected chi connectivity index (χ4v) is 3.08. The Labute approximate surface area is 134 Å². The lowest BCUT2D eigenvalue weighted by Crippen LogP contribution is -2.34. The van der Waals surface area contributed by atoms with Gasteiger partial charge in [0.05, 0.1) is 0 Å². The molecule has 1 unspecified atom stereocenters. The number of hydrogen-bond donors (Lipinski definition) is 2. The van der Waals surface area contributed by atoms with Crippen molar-refractivity contribution in [2.75, 3.05) is 26.7 Å². The van der Waals surface area contributed by atoms with Crippen molar-refractivity contribution in [3.63, 3.8) is 0 Å². The smallest absolute Gasteiger partial charge is 0.221 e. The Morgan fingerprint density at radius 2 is 2.09 bits per heavy atom. The van der Waals surface area contributed by atoms with Gasteiger partial charge in [0.1, 0.15) is 0 Å². The maximum absolute atomic E-state index is 11.8. The number of nitrogens with one attached hydrogen (secondary N) is 2. The van der Waals surface area contributed by atoms with E-state index in [4.69, 9.17) is 0 Å². The Morgan fingerprint density at radius 1 is 1.32 bits per heavy atom. The molecule has 4 nitrogen and oxygen atoms in total. The SMILES string of the molecule is CNCCC(=O)NCc1ccccc1CN1CCCC(C)C1. The molecular formula is C18H29N3O. The van der Waals surface area contributed by atoms with Crippen LogP contribution in [-0.2, 0) is 17.9 Å². The maximum Gasteiger partial charge on any atom is 0.221 e. The molecule has 0 radical (unpaired) electrons. The van der Waals surface area contributed by atoms with Gasteiger partial charge in [0, 0.05) is 32.6 Å². The molecule has 0 spiro atoms. The molecule has 0 bridgehead atoms. The topological polar surface area (TPSA) is 44.4 Å². The van der Waals surface area contributed by atoms with Crippen molar-refractivity contribution in [3.05, 3.63) is 35.4 Å². The van der Waals surface area contributed by atoms with Crippen molar-refractivity contribution in [2.24, 2.45) is 5.92 Å². The number of nitrogens with zero attached hydrogens (tertiary/aromatic N) is 1. The van der Waals surface area contributed by atoms with Gasteiger partial charge in [0.25, 0.3) is 0 Å². The van der Waals surface area contributed by atoms with Gasteiger partial charge in [0.2, 0.25) is 5.91 Å². The molecule has 1 aromatic rings. The summed E-state index contributed by atoms with van der Waals surface area (Å²) in [6.07, 6.45) is 3.17. The number of rotatable bonds is 7. The molecule has 1 saturated heterocycles. The van der Waals surface area contributed by atoms with Crippen LogP contribution >= 0.6 is 0 Å². The Hall–Kier alpha value is -1.39. The molecule has 1 aromatic carbocycles. The van der Waals surface area contributed by atoms with E-state index < -0.39 is 0 Å². The molecule has 122 valence electrons. The van der Waals surface area contributed by atoms with Gasteiger partial charge in [-0.1, -0.05) is 31.2 Å². The van der Waals surface area contributed by atoms with Crippen LogP contribution in [0.25, 0.3) is 0 Å². The normalized spacial score (nSPS) is 19.1. The van der Waals surface area contributed by atoms with Crippen LogP contribution in [0.1, 0.15) is 37.3 Å². The highest BCUT2D eigenvalue weighted by Crippen LogP contribution is 2.19. The lowest BCUT2D eigenvalue weighted by molar-refractivity contribution is -0.121. The number of amides is 1. The average Bonchev–Trinajstić information content (AvgIpc) is 2.52. The predicted octanol–water partition coefficient (Wildman–Crippen LogP) is 2.14. The Morgan fingerprint density at radius 3 is 2.82 bits per heavy atom. The molecule has 0 aliphatic carbocycles. The van der Waals surface area contributed by atoms with E-state index in [1.807, 2.05) is 7.05 Å². The van der Waals surface area contributed by atoms with Crippen LogP contribution in [0.4, 0.5) is 0 Å². The van der Waals surface area contributed by atoms with Crippen molar-refractivity contribution in [1.29, 1.82) is 0 Å². The summed E-state index contributed by atoms with van der Waals surface area (Å²) in [5.74, 6) is 0.901. The van der Waals surface area contributed by atoms with E-state index in [0.717, 1.165) is 19.0 Å². The van der Waals surface area contributed by atoms with Crippen molar-refractivity contribution in [2.45, 2.75) is 39.3 Å². The zero-order valence-electron chi connectivity index (χ0n) is 13.9. The summed E-state index contributed by atoms with van der Waals surface area (Å²) in [5, 5.41) is 6.02. The molecule has 1 aliphatic rings. The third-order valence-electron chi connectivity index (χ3n) is 4.33. The molecule has 0 aromatic heterocycles. The first-order valence-electron chi connectivity index (χ1n) is 8.39. The largest absolute Gasteiger partial charge is 0.352 e. The van der Waals surface area contributed by atoms with Crippen LogP contribution < -0.4 is 10.6 Å². The Kier molecular flexibility index (Phi) is 6.87. The highest BCUT2D eigenvalue weighted by Gasteiger charge is 2.17. The van der Waals surface area contributed by atoms with Crippen LogP contribution in [0.3, 0.4) is 0 Å². The standard InChI is InChI=1S/C18H29N3O/c1-15-6-5-11-21(13-15)14-17-8-4-3-7-16(17)12-20-18(22)9-10-19-2/h3-4,7-8,15,19H,5-6,9-14H2,1-2H3,(H,20,22). The minimum atomic E-state index is 0.107. The zero-order valence-corrected chi connectivity index (χ0v) is 13.9. The predicted molar refractivity (Wildman–Crippen MR) is 90.5 cm³/mol. The first-order valence-corrected chi connectivity index (χ1v) is 8.39. The minimum absolute atomic E-state index is 0.107. The number of likely N-dealkylation sites (tertiary alicyclic amines) is 1. The van der Waals surface area contributed by atoms with Gasteiger partial charge in [-0.05, 0) is 43.5 Å². The highest BCUT2D eigenvalue weighted by atomic mass is 16.1. The molecule has 4 heteroatoms. The van der Waals surface area contributed by atoms with E-state index in [1.165, 1.54) is 37.1 Å². The number of piperidine rings is 1. The monoisotopic (exact) mass is 303 g/mol. The summed E-state index contributed by atoms with van der Waals surface area (Å²) in [6, 6.07) is 8.46. The fourth-order valence-electron chi connectivity index (χ4n) is 3.08. The second-order valence-corrected chi connectivity index (χ2v) is 6.38. The molecule has 2 N–H and O–H groups in total. The minimum Gasteiger partial charge on any atom is -0.352 e. The molecule has 1 fully saturated rings. The summed E-state index contributed by atoms with van der Waals surface area (Å²) in [6.45, 7) is 7.05. The first-order chi connectivity index (χ1) is 10.7. The molecule has 1 heterocycles. The van der Waals surface area contributed by atoms with E-state index in [-0.39, 0.29) is 5.91 Å². The van der Waals surface area contributed by atoms with Crippen LogP contribution in [0.2, 0.25) is 0 Å². The quantitative estimate of drug-likeness (QED) is 0.811. The van der Waals surface area contributed by atoms with Crippen molar-refractivity contribution in [1.82, 2.24) is 15.5 Å². The van der Waals surface area contributed by atoms with Crippen molar-refractivity contribution in [3.8, 4) is 0 Å². The van der Waals surface area contributed by atoms with E-state index in [2.05, 4.69) is 46.7 Å². The summed E-state index contributed by atoms with van der Waals surface area (Å²) >= 11 is 0. The van der Waals surface area contributed by atoms with E-state index in [1.54, 1.807) is 0 Å². The third-order valence-corrected chi connectivity index (χ3v) is 4.33. The maximum atomic E-state index is 11.8. The van der Waals surface area contributed by atoms with Gasteiger partial charge < -0.3 is 10.6 Å². The van der Waals surface area contributed by atoms with Gasteiger partial charge in [-0.25, -0.2) is 0 Å². The van der Waals surface area contributed by atoms with Gasteiger partial charge in [-0.3, -0.25) is 9.69 Å². The number of carbonyl (C=O) groups is 1. The molecule has 0 saturated carbocycles. The molecule has 1 atom stereocenters. The highest BCUT2D eigenvalue weighted by molar-refractivity contribution is 5.76. The van der Waals surface area contributed by atoms with Crippen molar-refractivity contribution >= 4 is 5.91 Å². The van der Waals surface area contributed by atoms with Gasteiger partial charge >= 0.3 is 0 Å². The van der Waals surface area contributed by atoms with Gasteiger partial charge in [-0.2, -0.15) is 0 Å². The van der Waals surface area contributed by atoms with Crippen LogP contribution in [-0.4, -0.2) is 37.5 Å². The Bertz CT molecular complexity index is 475. The lowest BCUT2D eigenvalue weighted by Gasteiger charge is -2.31. The third kappa shape index (κ3) is 5.43. The number of benzene rings is 1. The molecule has 2 rings (SSSR count). The first kappa shape index (κ1) is 17.0. The molecular weight excluding hydrogens is 274 g/mol. The van der Waals surface area contributed by atoms with Gasteiger partial charge in [-0.15, -0.1) is 0 Å². The fraction of sp³-hybridized carbons (Fsp3) is 0.611. The molecule has 22 heavy (non-hydrogen) atoms. The molecule has 1 amide bonds. The van der Waals surface area contributed by atoms with Crippen molar-refractivity contribution < 1.29 is 4.79 Å². The summed E-state index contributed by atoms with van der Waals surface area (Å²) in [5.41, 5.74) is 2.57. The van der Waals surface area contributed by atoms with E-state index in [0.29, 0.717) is 13.0 Å². The zero-order chi connectivity index (χ0) is 15.8. The van der Waals surface area contributed by atoms with E-state index in [9.17, 15) is 4.79 Å². The van der Waals surface area contributed by atoms with Crippen LogP contribution in [0, 0.1) is 5.92 Å². The number of hydrogen-bond acceptors (Lipinski definition) is 3. The Balaban J connectivity index is 1.90. The van der Waals surface area contributed by atoms with Crippen LogP contribution in [0.15, 0.2) is 24.3 Å². The summed E-state index contributed by atoms with van der Waals surface area (Å²) in [4.78, 5) is 14.3. The number of carbonyl (C=O) groups excluding carboxylic acids is 1. The second kappa shape index (κ2) is 8.91. The summed E-state index contributed by atoms with van der Waals surface area (Å²) in [7, 11) is 1.86.